The fourth-order valence-electron chi connectivity index (χ4n) is 7.53. The molecule has 60 heavy (non-hydrogen) atoms. The van der Waals surface area contributed by atoms with Gasteiger partial charge in [0.2, 0.25) is 23.6 Å². The molecule has 0 atom stereocenters. The van der Waals surface area contributed by atoms with E-state index in [0.29, 0.717) is 23.6 Å². The molecule has 6 nitrogen and oxygen atoms in total. The normalized spacial score (nSPS) is 12.4. The summed E-state index contributed by atoms with van der Waals surface area (Å²) in [6.45, 7) is 13.2. The molecule has 6 heteroatoms. The third kappa shape index (κ3) is 7.84. The number of rotatable bonds is 8. The highest BCUT2D eigenvalue weighted by Crippen LogP contribution is 2.36. The Bertz CT molecular complexity index is 2750. The van der Waals surface area contributed by atoms with Crippen molar-refractivity contribution in [1.82, 2.24) is 20.4 Å². The Kier molecular flexibility index (Phi) is 9.93. The van der Waals surface area contributed by atoms with Crippen molar-refractivity contribution in [2.45, 2.75) is 52.4 Å². The Balaban J connectivity index is 0.946. The third-order valence-corrected chi connectivity index (χ3v) is 11.1. The Morgan fingerprint density at radius 2 is 0.600 bits per heavy atom. The van der Waals surface area contributed by atoms with E-state index >= 15 is 0 Å². The van der Waals surface area contributed by atoms with Crippen LogP contribution in [0, 0.1) is 0 Å². The lowest BCUT2D eigenvalue weighted by Gasteiger charge is -2.18. The van der Waals surface area contributed by atoms with E-state index in [9.17, 15) is 0 Å². The van der Waals surface area contributed by atoms with E-state index in [4.69, 9.17) is 8.83 Å². The highest BCUT2D eigenvalue weighted by atomic mass is 16.4. The first-order chi connectivity index (χ1) is 29.0. The van der Waals surface area contributed by atoms with Gasteiger partial charge in [0.25, 0.3) is 0 Å². The summed E-state index contributed by atoms with van der Waals surface area (Å²) in [7, 11) is 0. The minimum atomic E-state index is 0.0800. The summed E-state index contributed by atoms with van der Waals surface area (Å²) in [6.07, 6.45) is 8.78. The molecule has 7 aromatic carbocycles. The predicted octanol–water partition coefficient (Wildman–Crippen LogP) is 14.4. The fraction of sp³-hybridized carbons (Fsp3) is 0.148. The molecule has 0 saturated heterocycles. The molecule has 0 spiro atoms. The van der Waals surface area contributed by atoms with Crippen LogP contribution < -0.4 is 0 Å². The molecule has 9 rings (SSSR count). The fourth-order valence-corrected chi connectivity index (χ4v) is 7.53. The summed E-state index contributed by atoms with van der Waals surface area (Å²) in [5.41, 5.74) is 10.7. The molecule has 0 aliphatic carbocycles. The first kappa shape index (κ1) is 38.3. The molecule has 0 amide bonds. The quantitative estimate of drug-likeness (QED) is 0.113. The minimum absolute atomic E-state index is 0.0800. The zero-order chi connectivity index (χ0) is 41.4. The standard InChI is InChI=1S/C54H46N4O2/c1-53(2,3)41-29-25-39(26-30-41)51-57-55-49(59-51)37-21-15-35(16-22-37)19-33-47-43-11-7-9-13-45(43)48(46-14-10-8-12-44(46)47)34-20-36-17-23-38(24-18-36)50-56-58-52(60-50)40-27-31-42(32-28-40)54(4,5)6/h7-34H,1-6H3/b33-19+,34-20+. The summed E-state index contributed by atoms with van der Waals surface area (Å²) in [4.78, 5) is 0. The maximum atomic E-state index is 6.10. The summed E-state index contributed by atoms with van der Waals surface area (Å²) in [5.74, 6) is 2.02. The second kappa shape index (κ2) is 15.5. The lowest BCUT2D eigenvalue weighted by molar-refractivity contribution is 0.582. The Hall–Kier alpha value is -7.18. The summed E-state index contributed by atoms with van der Waals surface area (Å²) in [5, 5.41) is 22.1. The van der Waals surface area contributed by atoms with Crippen molar-refractivity contribution in [3.05, 3.63) is 179 Å². The van der Waals surface area contributed by atoms with Crippen LogP contribution in [0.2, 0.25) is 0 Å². The number of hydrogen-bond acceptors (Lipinski definition) is 6. The Labute approximate surface area is 351 Å². The molecule has 294 valence electrons. The van der Waals surface area contributed by atoms with E-state index in [1.54, 1.807) is 0 Å². The van der Waals surface area contributed by atoms with Gasteiger partial charge in [-0.3, -0.25) is 0 Å². The van der Waals surface area contributed by atoms with E-state index in [1.807, 2.05) is 48.5 Å². The van der Waals surface area contributed by atoms with Crippen LogP contribution in [0.25, 0.3) is 91.7 Å². The van der Waals surface area contributed by atoms with Crippen LogP contribution in [-0.2, 0) is 10.8 Å². The topological polar surface area (TPSA) is 77.8 Å². The van der Waals surface area contributed by atoms with E-state index in [1.165, 1.54) is 43.8 Å². The number of nitrogens with zero attached hydrogens (tertiary/aromatic N) is 4. The molecule has 0 aliphatic heterocycles. The third-order valence-electron chi connectivity index (χ3n) is 11.1. The van der Waals surface area contributed by atoms with Crippen molar-refractivity contribution < 1.29 is 8.83 Å². The maximum Gasteiger partial charge on any atom is 0.248 e. The molecule has 2 heterocycles. The largest absolute Gasteiger partial charge is 0.416 e. The molecule has 2 aromatic heterocycles. The first-order valence-electron chi connectivity index (χ1n) is 20.4. The van der Waals surface area contributed by atoms with Crippen molar-refractivity contribution in [3.63, 3.8) is 0 Å². The second-order valence-corrected chi connectivity index (χ2v) is 17.3. The zero-order valence-corrected chi connectivity index (χ0v) is 34.8. The molecule has 0 aliphatic rings. The predicted molar refractivity (Wildman–Crippen MR) is 247 cm³/mol. The molecule has 0 unspecified atom stereocenters. The van der Waals surface area contributed by atoms with Crippen LogP contribution in [0.4, 0.5) is 0 Å². The second-order valence-electron chi connectivity index (χ2n) is 17.3. The molecule has 0 saturated carbocycles. The van der Waals surface area contributed by atoms with E-state index in [2.05, 4.69) is 183 Å². The SMILES string of the molecule is CC(C)(C)c1ccc(-c2nnc(-c3ccc(/C=C/c4c5ccccc5c(/C=C/c5ccc(-c6nnc(-c7ccc(C(C)(C)C)cc7)o6)cc5)c5ccccc45)cc3)o2)cc1. The lowest BCUT2D eigenvalue weighted by atomic mass is 9.87. The molecule has 0 radical (unpaired) electrons. The summed E-state index contributed by atoms with van der Waals surface area (Å²) in [6, 6.07) is 50.4. The van der Waals surface area contributed by atoms with Gasteiger partial charge in [-0.05, 0) is 114 Å². The van der Waals surface area contributed by atoms with Crippen LogP contribution in [-0.4, -0.2) is 20.4 Å². The molecular weight excluding hydrogens is 737 g/mol. The molecular formula is C54H46N4O2. The highest BCUT2D eigenvalue weighted by molar-refractivity contribution is 6.14. The molecule has 0 bridgehead atoms. The van der Waals surface area contributed by atoms with Gasteiger partial charge in [0.1, 0.15) is 0 Å². The lowest BCUT2D eigenvalue weighted by Crippen LogP contribution is -2.10. The summed E-state index contributed by atoms with van der Waals surface area (Å²) >= 11 is 0. The average Bonchev–Trinajstić information content (AvgIpc) is 3.97. The molecule has 0 N–H and O–H groups in total. The van der Waals surface area contributed by atoms with Crippen molar-refractivity contribution in [3.8, 4) is 45.8 Å². The number of benzene rings is 7. The zero-order valence-electron chi connectivity index (χ0n) is 34.8. The van der Waals surface area contributed by atoms with Crippen molar-refractivity contribution in [2.75, 3.05) is 0 Å². The van der Waals surface area contributed by atoms with Crippen molar-refractivity contribution in [2.24, 2.45) is 0 Å². The monoisotopic (exact) mass is 782 g/mol. The van der Waals surface area contributed by atoms with Crippen LogP contribution in [0.5, 0.6) is 0 Å². The van der Waals surface area contributed by atoms with Gasteiger partial charge in [0, 0.05) is 22.3 Å². The van der Waals surface area contributed by atoms with Gasteiger partial charge < -0.3 is 8.83 Å². The maximum absolute atomic E-state index is 6.10. The smallest absolute Gasteiger partial charge is 0.248 e. The Morgan fingerprint density at radius 1 is 0.333 bits per heavy atom. The average molecular weight is 783 g/mol. The van der Waals surface area contributed by atoms with Gasteiger partial charge in [-0.1, -0.05) is 163 Å². The molecule has 0 fully saturated rings. The number of fused-ring (bicyclic) bond motifs is 2. The van der Waals surface area contributed by atoms with Gasteiger partial charge in [-0.25, -0.2) is 0 Å². The van der Waals surface area contributed by atoms with Crippen LogP contribution in [0.1, 0.15) is 74.9 Å². The number of hydrogen-bond donors (Lipinski definition) is 0. The van der Waals surface area contributed by atoms with E-state index in [-0.39, 0.29) is 10.8 Å². The van der Waals surface area contributed by atoms with Crippen molar-refractivity contribution in [1.29, 1.82) is 0 Å². The van der Waals surface area contributed by atoms with Gasteiger partial charge in [0.15, 0.2) is 0 Å². The number of aromatic nitrogens is 4. The first-order valence-corrected chi connectivity index (χ1v) is 20.4. The van der Waals surface area contributed by atoms with E-state index in [0.717, 1.165) is 33.4 Å². The van der Waals surface area contributed by atoms with Crippen molar-refractivity contribution >= 4 is 45.8 Å². The minimum Gasteiger partial charge on any atom is -0.416 e. The molecule has 9 aromatic rings. The Morgan fingerprint density at radius 3 is 0.867 bits per heavy atom. The van der Waals surface area contributed by atoms with Crippen LogP contribution in [0.15, 0.2) is 154 Å². The van der Waals surface area contributed by atoms with Gasteiger partial charge in [0.05, 0.1) is 0 Å². The van der Waals surface area contributed by atoms with Gasteiger partial charge in [-0.2, -0.15) is 0 Å². The highest BCUT2D eigenvalue weighted by Gasteiger charge is 2.17. The summed E-state index contributed by atoms with van der Waals surface area (Å²) < 4.78 is 12.2. The van der Waals surface area contributed by atoms with Gasteiger partial charge >= 0.3 is 0 Å². The van der Waals surface area contributed by atoms with Gasteiger partial charge in [-0.15, -0.1) is 20.4 Å². The van der Waals surface area contributed by atoms with Crippen LogP contribution >= 0.6 is 0 Å². The van der Waals surface area contributed by atoms with E-state index < -0.39 is 0 Å². The van der Waals surface area contributed by atoms with Crippen LogP contribution in [0.3, 0.4) is 0 Å².